The van der Waals surface area contributed by atoms with Crippen LogP contribution in [0.1, 0.15) is 23.6 Å². The van der Waals surface area contributed by atoms with E-state index >= 15 is 0 Å². The van der Waals surface area contributed by atoms with Gasteiger partial charge in [0.15, 0.2) is 0 Å². The topological polar surface area (TPSA) is 60.9 Å². The summed E-state index contributed by atoms with van der Waals surface area (Å²) in [4.78, 5) is 17.3. The Balaban J connectivity index is 1.70. The van der Waals surface area contributed by atoms with Crippen LogP contribution in [0.15, 0.2) is 48.5 Å². The molecular weight excluding hydrogens is 398 g/mol. The highest BCUT2D eigenvalue weighted by molar-refractivity contribution is 7.92. The molecule has 1 amide bonds. The smallest absolute Gasteiger partial charge is 0.246 e. The number of amides is 1. The molecule has 1 atom stereocenters. The van der Waals surface area contributed by atoms with E-state index in [0.717, 1.165) is 37.0 Å². The second kappa shape index (κ2) is 9.18. The van der Waals surface area contributed by atoms with Crippen molar-refractivity contribution in [1.29, 1.82) is 0 Å². The van der Waals surface area contributed by atoms with Crippen molar-refractivity contribution in [2.24, 2.45) is 0 Å². The van der Waals surface area contributed by atoms with Crippen molar-refractivity contribution in [2.75, 3.05) is 36.7 Å². The van der Waals surface area contributed by atoms with Crippen LogP contribution in [0.2, 0.25) is 0 Å². The van der Waals surface area contributed by atoms with E-state index in [2.05, 4.69) is 17.0 Å². The number of hydrogen-bond donors (Lipinski definition) is 0. The Kier molecular flexibility index (Phi) is 6.83. The zero-order chi connectivity index (χ0) is 21.9. The first-order valence-electron chi connectivity index (χ1n) is 10.3. The summed E-state index contributed by atoms with van der Waals surface area (Å²) >= 11 is 0. The average Bonchev–Trinajstić information content (AvgIpc) is 2.67. The van der Waals surface area contributed by atoms with Crippen LogP contribution in [0.25, 0.3) is 0 Å². The molecule has 2 aromatic rings. The Labute approximate surface area is 180 Å². The maximum absolute atomic E-state index is 13.2. The van der Waals surface area contributed by atoms with Crippen LogP contribution in [-0.2, 0) is 21.4 Å². The first kappa shape index (κ1) is 22.3. The summed E-state index contributed by atoms with van der Waals surface area (Å²) in [6, 6.07) is 15.1. The molecule has 0 saturated carbocycles. The lowest BCUT2D eigenvalue weighted by molar-refractivity contribution is -0.133. The van der Waals surface area contributed by atoms with Gasteiger partial charge in [-0.05, 0) is 49.6 Å². The van der Waals surface area contributed by atoms with E-state index < -0.39 is 16.1 Å². The molecule has 0 bridgehead atoms. The third-order valence-electron chi connectivity index (χ3n) is 5.46. The maximum atomic E-state index is 13.2. The van der Waals surface area contributed by atoms with Crippen LogP contribution >= 0.6 is 0 Å². The number of benzene rings is 2. The lowest BCUT2D eigenvalue weighted by atomic mass is 10.1. The van der Waals surface area contributed by atoms with Gasteiger partial charge in [-0.25, -0.2) is 8.42 Å². The molecule has 0 aliphatic carbocycles. The number of carbonyl (C=O) groups excluding carboxylic acids is 1. The largest absolute Gasteiger partial charge is 0.338 e. The van der Waals surface area contributed by atoms with Crippen molar-refractivity contribution < 1.29 is 13.2 Å². The van der Waals surface area contributed by atoms with Crippen LogP contribution in [-0.4, -0.2) is 62.6 Å². The van der Waals surface area contributed by atoms with E-state index in [1.54, 1.807) is 11.8 Å². The average molecular weight is 430 g/mol. The van der Waals surface area contributed by atoms with E-state index in [9.17, 15) is 13.2 Å². The van der Waals surface area contributed by atoms with Gasteiger partial charge in [-0.3, -0.25) is 14.0 Å². The zero-order valence-corrected chi connectivity index (χ0v) is 19.0. The second-order valence-electron chi connectivity index (χ2n) is 8.17. The van der Waals surface area contributed by atoms with Crippen molar-refractivity contribution in [2.45, 2.75) is 33.4 Å². The molecule has 0 radical (unpaired) electrons. The molecule has 1 heterocycles. The molecule has 2 aromatic carbocycles. The fourth-order valence-corrected chi connectivity index (χ4v) is 5.27. The predicted molar refractivity (Wildman–Crippen MR) is 121 cm³/mol. The normalized spacial score (nSPS) is 16.3. The highest BCUT2D eigenvalue weighted by atomic mass is 32.2. The van der Waals surface area contributed by atoms with E-state index in [1.807, 2.05) is 50.2 Å². The molecule has 1 fully saturated rings. The molecule has 0 N–H and O–H groups in total. The summed E-state index contributed by atoms with van der Waals surface area (Å²) in [5, 5.41) is 0. The molecule has 7 heteroatoms. The second-order valence-corrected chi connectivity index (χ2v) is 10.0. The Morgan fingerprint density at radius 1 is 1.00 bits per heavy atom. The molecule has 30 heavy (non-hydrogen) atoms. The van der Waals surface area contributed by atoms with E-state index in [0.29, 0.717) is 18.8 Å². The van der Waals surface area contributed by atoms with Gasteiger partial charge in [-0.15, -0.1) is 0 Å². The van der Waals surface area contributed by atoms with Gasteiger partial charge in [0.25, 0.3) is 0 Å². The van der Waals surface area contributed by atoms with Gasteiger partial charge < -0.3 is 4.90 Å². The fourth-order valence-electron chi connectivity index (χ4n) is 4.11. The number of piperazine rings is 1. The monoisotopic (exact) mass is 429 g/mol. The number of carbonyl (C=O) groups is 1. The van der Waals surface area contributed by atoms with Gasteiger partial charge in [0, 0.05) is 32.7 Å². The molecule has 0 spiro atoms. The number of sulfonamides is 1. The lowest BCUT2D eigenvalue weighted by Gasteiger charge is -2.38. The highest BCUT2D eigenvalue weighted by Gasteiger charge is 2.33. The minimum Gasteiger partial charge on any atom is -0.338 e. The number of rotatable bonds is 6. The van der Waals surface area contributed by atoms with Gasteiger partial charge >= 0.3 is 0 Å². The van der Waals surface area contributed by atoms with Gasteiger partial charge in [0.05, 0.1) is 11.9 Å². The SMILES string of the molecule is Cc1cc(C)cc(N(C(C)C(=O)N2CCN(Cc3ccccc3)CC2)S(C)(=O)=O)c1. The number of nitrogens with zero attached hydrogens (tertiary/aromatic N) is 3. The molecular formula is C23H31N3O3S. The minimum absolute atomic E-state index is 0.154. The van der Waals surface area contributed by atoms with Crippen molar-refractivity contribution in [1.82, 2.24) is 9.80 Å². The van der Waals surface area contributed by atoms with Crippen molar-refractivity contribution >= 4 is 21.6 Å². The summed E-state index contributed by atoms with van der Waals surface area (Å²) in [5.74, 6) is -0.154. The molecule has 162 valence electrons. The van der Waals surface area contributed by atoms with E-state index in [-0.39, 0.29) is 5.91 Å². The van der Waals surface area contributed by atoms with Crippen LogP contribution in [0.5, 0.6) is 0 Å². The predicted octanol–water partition coefficient (Wildman–Crippen LogP) is 2.80. The van der Waals surface area contributed by atoms with Crippen LogP contribution < -0.4 is 4.31 Å². The van der Waals surface area contributed by atoms with Gasteiger partial charge in [0.2, 0.25) is 15.9 Å². The molecule has 0 aromatic heterocycles. The number of hydrogen-bond acceptors (Lipinski definition) is 4. The highest BCUT2D eigenvalue weighted by Crippen LogP contribution is 2.25. The lowest BCUT2D eigenvalue weighted by Crippen LogP contribution is -2.55. The van der Waals surface area contributed by atoms with Crippen LogP contribution in [0.3, 0.4) is 0 Å². The van der Waals surface area contributed by atoms with Gasteiger partial charge in [-0.2, -0.15) is 0 Å². The molecule has 1 unspecified atom stereocenters. The fraction of sp³-hybridized carbons (Fsp3) is 0.435. The Hall–Kier alpha value is -2.38. The molecule has 1 saturated heterocycles. The molecule has 1 aliphatic heterocycles. The summed E-state index contributed by atoms with van der Waals surface area (Å²) in [5.41, 5.74) is 3.72. The Morgan fingerprint density at radius 2 is 1.57 bits per heavy atom. The quantitative estimate of drug-likeness (QED) is 0.709. The van der Waals surface area contributed by atoms with Crippen molar-refractivity contribution in [3.63, 3.8) is 0 Å². The third kappa shape index (κ3) is 5.40. The Morgan fingerprint density at radius 3 is 2.10 bits per heavy atom. The standard InChI is InChI=1S/C23H31N3O3S/c1-18-14-19(2)16-22(15-18)26(30(4,28)29)20(3)23(27)25-12-10-24(11-13-25)17-21-8-6-5-7-9-21/h5-9,14-16,20H,10-13,17H2,1-4H3. The Bertz CT molecular complexity index is 964. The van der Waals surface area contributed by atoms with E-state index in [1.165, 1.54) is 9.87 Å². The first-order valence-corrected chi connectivity index (χ1v) is 12.1. The summed E-state index contributed by atoms with van der Waals surface area (Å²) in [7, 11) is -3.61. The third-order valence-corrected chi connectivity index (χ3v) is 6.70. The molecule has 1 aliphatic rings. The summed E-state index contributed by atoms with van der Waals surface area (Å²) in [6.07, 6.45) is 1.16. The number of aryl methyl sites for hydroxylation is 2. The van der Waals surface area contributed by atoms with E-state index in [4.69, 9.17) is 0 Å². The molecule has 6 nitrogen and oxygen atoms in total. The first-order chi connectivity index (χ1) is 14.1. The van der Waals surface area contributed by atoms with Crippen molar-refractivity contribution in [3.05, 3.63) is 65.2 Å². The van der Waals surface area contributed by atoms with Gasteiger partial charge in [-0.1, -0.05) is 36.4 Å². The summed E-state index contributed by atoms with van der Waals surface area (Å²) in [6.45, 7) is 9.13. The zero-order valence-electron chi connectivity index (χ0n) is 18.2. The van der Waals surface area contributed by atoms with Crippen LogP contribution in [0, 0.1) is 13.8 Å². The van der Waals surface area contributed by atoms with Crippen LogP contribution in [0.4, 0.5) is 5.69 Å². The van der Waals surface area contributed by atoms with Gasteiger partial charge in [0.1, 0.15) is 6.04 Å². The molecule has 3 rings (SSSR count). The number of anilines is 1. The maximum Gasteiger partial charge on any atom is 0.246 e. The summed E-state index contributed by atoms with van der Waals surface area (Å²) < 4.78 is 26.4. The van der Waals surface area contributed by atoms with Crippen molar-refractivity contribution in [3.8, 4) is 0 Å². The minimum atomic E-state index is -3.61.